The highest BCUT2D eigenvalue weighted by molar-refractivity contribution is 5.98. The number of aliphatic hydroxyl groups excluding tert-OH is 1. The Hall–Kier alpha value is -2.38. The molecule has 0 spiro atoms. The van der Waals surface area contributed by atoms with Gasteiger partial charge in [-0.05, 0) is 62.7 Å². The lowest BCUT2D eigenvalue weighted by molar-refractivity contribution is -0.137. The fraction of sp³-hybridized carbons (Fsp3) is 0.524. The van der Waals surface area contributed by atoms with E-state index in [9.17, 15) is 19.8 Å². The molecule has 2 bridgehead atoms. The summed E-state index contributed by atoms with van der Waals surface area (Å²) in [5.74, 6) is -0.111. The van der Waals surface area contributed by atoms with Crippen LogP contribution < -0.4 is 5.32 Å². The first kappa shape index (κ1) is 19.0. The molecule has 3 aliphatic heterocycles. The van der Waals surface area contributed by atoms with E-state index in [0.717, 1.165) is 31.8 Å². The number of carboxylic acids is 1. The molecule has 0 unspecified atom stereocenters. The quantitative estimate of drug-likeness (QED) is 0.737. The summed E-state index contributed by atoms with van der Waals surface area (Å²) < 4.78 is 0. The number of hydrogen-bond acceptors (Lipinski definition) is 5. The molecule has 2 fully saturated rings. The second-order valence-electron chi connectivity index (χ2n) is 7.94. The maximum Gasteiger partial charge on any atom is 0.309 e. The first-order chi connectivity index (χ1) is 13.5. The monoisotopic (exact) mass is 385 g/mol. The number of hydrazine groups is 1. The highest BCUT2D eigenvalue weighted by atomic mass is 16.4. The Labute approximate surface area is 164 Å². The van der Waals surface area contributed by atoms with Crippen LogP contribution in [0.1, 0.15) is 48.0 Å². The minimum Gasteiger partial charge on any atom is -0.505 e. The summed E-state index contributed by atoms with van der Waals surface area (Å²) in [6.45, 7) is 3.52. The number of carboxylic acid groups (broad SMARTS) is 1. The van der Waals surface area contributed by atoms with Crippen molar-refractivity contribution in [3.8, 4) is 0 Å². The number of rotatable bonds is 4. The van der Waals surface area contributed by atoms with Crippen LogP contribution in [0.2, 0.25) is 0 Å². The third kappa shape index (κ3) is 3.64. The van der Waals surface area contributed by atoms with E-state index >= 15 is 0 Å². The minimum atomic E-state index is -1.07. The summed E-state index contributed by atoms with van der Waals surface area (Å²) in [5, 5.41) is 26.8. The Balaban J connectivity index is 1.58. The number of carbonyl (C=O) groups is 2. The summed E-state index contributed by atoms with van der Waals surface area (Å²) in [7, 11) is 0. The molecule has 0 saturated carbocycles. The first-order valence-corrected chi connectivity index (χ1v) is 10.1. The Bertz CT molecular complexity index is 793. The molecule has 0 radical (unpaired) electrons. The van der Waals surface area contributed by atoms with E-state index in [-0.39, 0.29) is 17.4 Å². The topological polar surface area (TPSA) is 93.1 Å². The number of amides is 1. The van der Waals surface area contributed by atoms with Gasteiger partial charge in [-0.25, -0.2) is 10.0 Å². The van der Waals surface area contributed by atoms with Crippen LogP contribution >= 0.6 is 0 Å². The van der Waals surface area contributed by atoms with E-state index in [1.54, 1.807) is 24.3 Å². The van der Waals surface area contributed by atoms with E-state index in [0.29, 0.717) is 30.1 Å². The van der Waals surface area contributed by atoms with Crippen molar-refractivity contribution in [1.29, 1.82) is 0 Å². The number of hydrogen-bond donors (Lipinski definition) is 3. The van der Waals surface area contributed by atoms with E-state index in [4.69, 9.17) is 0 Å². The number of fused-ring (bicyclic) bond motifs is 2. The molecule has 1 aromatic carbocycles. The molecule has 1 amide bonds. The third-order valence-corrected chi connectivity index (χ3v) is 6.27. The summed E-state index contributed by atoms with van der Waals surface area (Å²) in [6, 6.07) is 6.74. The summed E-state index contributed by atoms with van der Waals surface area (Å²) in [6.07, 6.45) is 3.96. The van der Waals surface area contributed by atoms with Crippen molar-refractivity contribution >= 4 is 17.6 Å². The highest BCUT2D eigenvalue weighted by Crippen LogP contribution is 2.35. The minimum absolute atomic E-state index is 0.129. The van der Waals surface area contributed by atoms with Crippen molar-refractivity contribution in [2.75, 3.05) is 26.2 Å². The van der Waals surface area contributed by atoms with Crippen LogP contribution in [0.25, 0.3) is 5.76 Å². The van der Waals surface area contributed by atoms with Crippen LogP contribution in [0.15, 0.2) is 30.0 Å². The van der Waals surface area contributed by atoms with Crippen LogP contribution in [0, 0.1) is 11.8 Å². The molecule has 7 heteroatoms. The first-order valence-electron chi connectivity index (χ1n) is 10.1. The van der Waals surface area contributed by atoms with E-state index in [1.165, 1.54) is 17.9 Å². The molecule has 28 heavy (non-hydrogen) atoms. The van der Waals surface area contributed by atoms with Crippen molar-refractivity contribution in [3.63, 3.8) is 0 Å². The molecular formula is C21H27N3O4. The number of aliphatic hydroxyl groups is 1. The van der Waals surface area contributed by atoms with E-state index in [1.807, 2.05) is 5.01 Å². The summed E-state index contributed by atoms with van der Waals surface area (Å²) in [4.78, 5) is 24.6. The molecule has 4 rings (SSSR count). The number of nitrogens with one attached hydrogen (secondary N) is 1. The standard InChI is InChI=1S/C21H27N3O4/c25-19(26)13-18-20(27)16-2-1-3-17(12-16)21(28)24(18)23-10-6-15(7-11-23)14-4-8-22-9-5-14/h1-3,12,14-15,22,27H,4-11,13H2,(H,25,26). The maximum atomic E-state index is 13.2. The molecule has 7 nitrogen and oxygen atoms in total. The van der Waals surface area contributed by atoms with Crippen molar-refractivity contribution in [2.24, 2.45) is 11.8 Å². The van der Waals surface area contributed by atoms with Crippen LogP contribution in [-0.4, -0.2) is 58.3 Å². The number of aliphatic carboxylic acids is 1. The number of carbonyl (C=O) groups excluding carboxylic acids is 1. The van der Waals surface area contributed by atoms with Gasteiger partial charge in [-0.15, -0.1) is 0 Å². The number of benzene rings is 1. The fourth-order valence-electron chi connectivity index (χ4n) is 4.79. The van der Waals surface area contributed by atoms with Gasteiger partial charge in [-0.3, -0.25) is 9.59 Å². The second kappa shape index (κ2) is 7.93. The SMILES string of the molecule is O=C(O)CC1=C(O)c2cccc(c2)C(=O)N1N1CCC(C2CCNCC2)CC1. The van der Waals surface area contributed by atoms with Gasteiger partial charge in [0.25, 0.3) is 5.91 Å². The van der Waals surface area contributed by atoms with Crippen molar-refractivity contribution in [3.05, 3.63) is 41.1 Å². The number of piperidine rings is 2. The molecule has 3 N–H and O–H groups in total. The molecule has 3 heterocycles. The zero-order valence-corrected chi connectivity index (χ0v) is 15.9. The van der Waals surface area contributed by atoms with Crippen LogP contribution in [0.4, 0.5) is 0 Å². The summed E-state index contributed by atoms with van der Waals surface area (Å²) >= 11 is 0. The molecule has 1 aromatic rings. The van der Waals surface area contributed by atoms with Gasteiger partial charge in [0.15, 0.2) is 0 Å². The molecule has 0 aromatic heterocycles. The van der Waals surface area contributed by atoms with Crippen LogP contribution in [0.3, 0.4) is 0 Å². The molecule has 3 aliphatic rings. The number of nitrogens with zero attached hydrogens (tertiary/aromatic N) is 2. The highest BCUT2D eigenvalue weighted by Gasteiger charge is 2.36. The van der Waals surface area contributed by atoms with Crippen LogP contribution in [-0.2, 0) is 4.79 Å². The van der Waals surface area contributed by atoms with Gasteiger partial charge in [0.2, 0.25) is 0 Å². The third-order valence-electron chi connectivity index (χ3n) is 6.27. The lowest BCUT2D eigenvalue weighted by Crippen LogP contribution is -2.50. The maximum absolute atomic E-state index is 13.2. The molecule has 2 saturated heterocycles. The van der Waals surface area contributed by atoms with Crippen molar-refractivity contribution in [1.82, 2.24) is 15.3 Å². The average molecular weight is 385 g/mol. The smallest absolute Gasteiger partial charge is 0.309 e. The largest absolute Gasteiger partial charge is 0.505 e. The molecule has 0 aliphatic carbocycles. The molecule has 150 valence electrons. The Morgan fingerprint density at radius 2 is 1.71 bits per heavy atom. The normalized spacial score (nSPS) is 22.4. The van der Waals surface area contributed by atoms with Gasteiger partial charge in [0.05, 0.1) is 12.1 Å². The van der Waals surface area contributed by atoms with Gasteiger partial charge in [-0.1, -0.05) is 12.1 Å². The van der Waals surface area contributed by atoms with Crippen molar-refractivity contribution < 1.29 is 19.8 Å². The van der Waals surface area contributed by atoms with E-state index in [2.05, 4.69) is 5.32 Å². The molecular weight excluding hydrogens is 358 g/mol. The van der Waals surface area contributed by atoms with Crippen molar-refractivity contribution in [2.45, 2.75) is 32.1 Å². The Kier molecular flexibility index (Phi) is 5.37. The lowest BCUT2D eigenvalue weighted by atomic mass is 9.79. The zero-order chi connectivity index (χ0) is 19.7. The van der Waals surface area contributed by atoms with Gasteiger partial charge in [0.1, 0.15) is 5.76 Å². The predicted octanol–water partition coefficient (Wildman–Crippen LogP) is 2.47. The Morgan fingerprint density at radius 1 is 1.07 bits per heavy atom. The predicted molar refractivity (Wildman–Crippen MR) is 104 cm³/mol. The fourth-order valence-corrected chi connectivity index (χ4v) is 4.79. The Morgan fingerprint density at radius 3 is 2.39 bits per heavy atom. The van der Waals surface area contributed by atoms with Crippen LogP contribution in [0.5, 0.6) is 0 Å². The summed E-state index contributed by atoms with van der Waals surface area (Å²) in [5.41, 5.74) is 1.10. The molecule has 0 atom stereocenters. The lowest BCUT2D eigenvalue weighted by Gasteiger charge is -2.42. The zero-order valence-electron chi connectivity index (χ0n) is 15.9. The second-order valence-corrected chi connectivity index (χ2v) is 7.94. The van der Waals surface area contributed by atoms with Gasteiger partial charge in [0, 0.05) is 24.2 Å². The van der Waals surface area contributed by atoms with Gasteiger partial charge < -0.3 is 15.5 Å². The van der Waals surface area contributed by atoms with E-state index < -0.39 is 12.4 Å². The van der Waals surface area contributed by atoms with Gasteiger partial charge >= 0.3 is 5.97 Å². The average Bonchev–Trinajstić information content (AvgIpc) is 2.79. The van der Waals surface area contributed by atoms with Gasteiger partial charge in [-0.2, -0.15) is 0 Å².